The van der Waals surface area contributed by atoms with Crippen LogP contribution >= 0.6 is 22.6 Å². The van der Waals surface area contributed by atoms with Gasteiger partial charge in [-0.25, -0.2) is 4.79 Å². The lowest BCUT2D eigenvalue weighted by atomic mass is 10.2. The average molecular weight is 337 g/mol. The van der Waals surface area contributed by atoms with Crippen LogP contribution in [0.5, 0.6) is 0 Å². The predicted molar refractivity (Wildman–Crippen MR) is 69.8 cm³/mol. The van der Waals surface area contributed by atoms with Crippen LogP contribution < -0.4 is 0 Å². The number of carboxylic acids is 1. The van der Waals surface area contributed by atoms with Gasteiger partial charge < -0.3 is 14.4 Å². The monoisotopic (exact) mass is 337 g/mol. The van der Waals surface area contributed by atoms with Gasteiger partial charge in [-0.15, -0.1) is 0 Å². The third-order valence-electron chi connectivity index (χ3n) is 2.33. The van der Waals surface area contributed by atoms with Crippen LogP contribution in [0, 0.1) is 3.57 Å². The van der Waals surface area contributed by atoms with E-state index in [1.54, 1.807) is 17.7 Å². The molecule has 1 aromatic rings. The maximum Gasteiger partial charge on any atom is 0.352 e. The first-order valence-electron chi connectivity index (χ1n) is 5.23. The Morgan fingerprint density at radius 2 is 2.25 bits per heavy atom. The Balaban J connectivity index is 2.44. The molecule has 1 aromatic heterocycles. The zero-order chi connectivity index (χ0) is 12.0. The Bertz CT molecular complexity index is 349. The lowest BCUT2D eigenvalue weighted by Gasteiger charge is -2.05. The number of ether oxygens (including phenoxy) is 1. The maximum atomic E-state index is 10.9. The summed E-state index contributed by atoms with van der Waals surface area (Å²) in [7, 11) is 1.69. The molecule has 0 aliphatic carbocycles. The van der Waals surface area contributed by atoms with Crippen molar-refractivity contribution in [1.29, 1.82) is 0 Å². The van der Waals surface area contributed by atoms with E-state index in [1.165, 1.54) is 0 Å². The molecule has 0 saturated carbocycles. The van der Waals surface area contributed by atoms with Crippen molar-refractivity contribution in [3.8, 4) is 0 Å². The Hall–Kier alpha value is -0.560. The molecule has 0 fully saturated rings. The molecule has 0 aromatic carbocycles. The van der Waals surface area contributed by atoms with E-state index in [1.807, 2.05) is 6.20 Å². The van der Waals surface area contributed by atoms with E-state index in [-0.39, 0.29) is 0 Å². The molecule has 16 heavy (non-hydrogen) atoms. The van der Waals surface area contributed by atoms with E-state index in [2.05, 4.69) is 22.6 Å². The Kier molecular flexibility index (Phi) is 5.83. The van der Waals surface area contributed by atoms with Gasteiger partial charge in [0.2, 0.25) is 0 Å². The van der Waals surface area contributed by atoms with Gasteiger partial charge in [0.05, 0.1) is 0 Å². The number of methoxy groups -OCH3 is 1. The van der Waals surface area contributed by atoms with Gasteiger partial charge in [0.15, 0.2) is 0 Å². The van der Waals surface area contributed by atoms with Crippen molar-refractivity contribution in [2.75, 3.05) is 13.7 Å². The average Bonchev–Trinajstić information content (AvgIpc) is 2.59. The molecule has 0 saturated heterocycles. The number of halogens is 1. The topological polar surface area (TPSA) is 51.5 Å². The number of aromatic nitrogens is 1. The van der Waals surface area contributed by atoms with Gasteiger partial charge >= 0.3 is 5.97 Å². The molecule has 0 aliphatic rings. The van der Waals surface area contributed by atoms with Crippen LogP contribution in [-0.4, -0.2) is 29.4 Å². The number of aryl methyl sites for hydroxylation is 1. The van der Waals surface area contributed by atoms with E-state index in [9.17, 15) is 4.79 Å². The molecule has 4 nitrogen and oxygen atoms in total. The molecular weight excluding hydrogens is 321 g/mol. The van der Waals surface area contributed by atoms with Gasteiger partial charge in [-0.1, -0.05) is 0 Å². The fourth-order valence-electron chi connectivity index (χ4n) is 1.54. The molecule has 0 amide bonds. The maximum absolute atomic E-state index is 10.9. The highest BCUT2D eigenvalue weighted by Crippen LogP contribution is 2.12. The minimum Gasteiger partial charge on any atom is -0.477 e. The molecule has 5 heteroatoms. The number of carbonyl (C=O) groups is 1. The van der Waals surface area contributed by atoms with E-state index in [4.69, 9.17) is 9.84 Å². The quantitative estimate of drug-likeness (QED) is 0.615. The molecule has 0 bridgehead atoms. The van der Waals surface area contributed by atoms with Crippen LogP contribution in [-0.2, 0) is 11.3 Å². The Morgan fingerprint density at radius 3 is 2.88 bits per heavy atom. The van der Waals surface area contributed by atoms with E-state index >= 15 is 0 Å². The van der Waals surface area contributed by atoms with Crippen molar-refractivity contribution >= 4 is 28.6 Å². The number of nitrogens with zero attached hydrogens (tertiary/aromatic N) is 1. The number of aromatic carboxylic acids is 1. The number of hydrogen-bond acceptors (Lipinski definition) is 2. The fourth-order valence-corrected chi connectivity index (χ4v) is 2.18. The summed E-state index contributed by atoms with van der Waals surface area (Å²) in [6, 6.07) is 1.69. The van der Waals surface area contributed by atoms with E-state index in [0.717, 1.165) is 36.0 Å². The van der Waals surface area contributed by atoms with Crippen molar-refractivity contribution in [3.63, 3.8) is 0 Å². The SMILES string of the molecule is COCCCCCn1cc(I)cc1C(=O)O. The molecule has 1 heterocycles. The molecule has 1 rings (SSSR count). The highest BCUT2D eigenvalue weighted by Gasteiger charge is 2.10. The second-order valence-corrected chi connectivity index (χ2v) is 4.84. The van der Waals surface area contributed by atoms with Crippen molar-refractivity contribution in [1.82, 2.24) is 4.57 Å². The Labute approximate surface area is 109 Å². The summed E-state index contributed by atoms with van der Waals surface area (Å²) in [5, 5.41) is 8.98. The number of rotatable bonds is 7. The van der Waals surface area contributed by atoms with Crippen molar-refractivity contribution < 1.29 is 14.6 Å². The summed E-state index contributed by atoms with van der Waals surface area (Å²) in [6.45, 7) is 1.53. The highest BCUT2D eigenvalue weighted by molar-refractivity contribution is 14.1. The first-order valence-corrected chi connectivity index (χ1v) is 6.31. The van der Waals surface area contributed by atoms with Crippen LogP contribution in [0.2, 0.25) is 0 Å². The van der Waals surface area contributed by atoms with Gasteiger partial charge in [-0.05, 0) is 47.9 Å². The molecular formula is C11H16INO3. The van der Waals surface area contributed by atoms with Gasteiger partial charge in [0, 0.05) is 30.0 Å². The number of carboxylic acid groups (broad SMARTS) is 1. The third kappa shape index (κ3) is 4.13. The normalized spacial score (nSPS) is 10.6. The smallest absolute Gasteiger partial charge is 0.352 e. The van der Waals surface area contributed by atoms with Gasteiger partial charge in [-0.2, -0.15) is 0 Å². The Morgan fingerprint density at radius 1 is 1.50 bits per heavy atom. The molecule has 90 valence electrons. The first kappa shape index (κ1) is 13.5. The molecule has 0 spiro atoms. The number of hydrogen-bond donors (Lipinski definition) is 1. The molecule has 0 aliphatic heterocycles. The van der Waals surface area contributed by atoms with Crippen molar-refractivity contribution in [3.05, 3.63) is 21.5 Å². The van der Waals surface area contributed by atoms with Crippen LogP contribution in [0.4, 0.5) is 0 Å². The van der Waals surface area contributed by atoms with Crippen LogP contribution in [0.15, 0.2) is 12.3 Å². The summed E-state index contributed by atoms with van der Waals surface area (Å²) in [6.07, 6.45) is 4.94. The van der Waals surface area contributed by atoms with Crippen LogP contribution in [0.1, 0.15) is 29.8 Å². The van der Waals surface area contributed by atoms with Gasteiger partial charge in [0.1, 0.15) is 5.69 Å². The largest absolute Gasteiger partial charge is 0.477 e. The summed E-state index contributed by atoms with van der Waals surface area (Å²) in [5.41, 5.74) is 0.371. The minimum atomic E-state index is -0.861. The highest BCUT2D eigenvalue weighted by atomic mass is 127. The standard InChI is InChI=1S/C11H16INO3/c1-16-6-4-2-3-5-13-8-9(12)7-10(13)11(14)15/h7-8H,2-6H2,1H3,(H,14,15). The zero-order valence-corrected chi connectivity index (χ0v) is 11.4. The van der Waals surface area contributed by atoms with Crippen LogP contribution in [0.25, 0.3) is 0 Å². The fraction of sp³-hybridized carbons (Fsp3) is 0.545. The molecule has 0 atom stereocenters. The molecule has 1 N–H and O–H groups in total. The van der Waals surface area contributed by atoms with E-state index in [0.29, 0.717) is 5.69 Å². The summed E-state index contributed by atoms with van der Waals surface area (Å²) in [5.74, 6) is -0.861. The van der Waals surface area contributed by atoms with Gasteiger partial charge in [-0.3, -0.25) is 0 Å². The van der Waals surface area contributed by atoms with Crippen molar-refractivity contribution in [2.45, 2.75) is 25.8 Å². The lowest BCUT2D eigenvalue weighted by molar-refractivity contribution is 0.0685. The second kappa shape index (κ2) is 6.90. The summed E-state index contributed by atoms with van der Waals surface area (Å²) in [4.78, 5) is 10.9. The van der Waals surface area contributed by atoms with Crippen LogP contribution in [0.3, 0.4) is 0 Å². The predicted octanol–water partition coefficient (Wildman–Crippen LogP) is 2.61. The molecule has 0 unspecified atom stereocenters. The zero-order valence-electron chi connectivity index (χ0n) is 9.28. The summed E-state index contributed by atoms with van der Waals surface area (Å²) < 4.78 is 7.73. The third-order valence-corrected chi connectivity index (χ3v) is 2.92. The lowest BCUT2D eigenvalue weighted by Crippen LogP contribution is -2.07. The number of unbranched alkanes of at least 4 members (excludes halogenated alkanes) is 2. The van der Waals surface area contributed by atoms with E-state index < -0.39 is 5.97 Å². The molecule has 0 radical (unpaired) electrons. The summed E-state index contributed by atoms with van der Waals surface area (Å²) >= 11 is 2.13. The second-order valence-electron chi connectivity index (χ2n) is 3.60. The minimum absolute atomic E-state index is 0.371. The first-order chi connectivity index (χ1) is 7.65. The van der Waals surface area contributed by atoms with Gasteiger partial charge in [0.25, 0.3) is 0 Å². The van der Waals surface area contributed by atoms with Crippen molar-refractivity contribution in [2.24, 2.45) is 0 Å².